The quantitative estimate of drug-likeness (QED) is 0.414. The molecular weight excluding hydrogens is 546 g/mol. The number of benzene rings is 1. The average Bonchev–Trinajstić information content (AvgIpc) is 3.00. The number of halogens is 3. The van der Waals surface area contributed by atoms with Crippen molar-refractivity contribution in [3.8, 4) is 0 Å². The SMILES string of the molecule is Brc1ccncc1.CC(C)(C)OC(=O)N[C@@H]1CC[C@@H](c2cccc(F)c2F)CN(c2ccncc2)C1=O. The van der Waals surface area contributed by atoms with Crippen LogP contribution in [0, 0.1) is 11.6 Å². The fourth-order valence-electron chi connectivity index (χ4n) is 3.84. The van der Waals surface area contributed by atoms with E-state index in [1.807, 2.05) is 12.1 Å². The largest absolute Gasteiger partial charge is 0.444 e. The fraction of sp³-hybridized carbons (Fsp3) is 0.333. The highest BCUT2D eigenvalue weighted by molar-refractivity contribution is 9.10. The molecule has 0 radical (unpaired) electrons. The number of amides is 2. The molecule has 2 atom stereocenters. The van der Waals surface area contributed by atoms with Crippen LogP contribution in [-0.4, -0.2) is 40.2 Å². The summed E-state index contributed by atoms with van der Waals surface area (Å²) in [5.41, 5.74) is 0.0602. The minimum Gasteiger partial charge on any atom is -0.444 e. The van der Waals surface area contributed by atoms with Gasteiger partial charge in [-0.2, -0.15) is 0 Å². The molecule has 1 fully saturated rings. The number of aromatic nitrogens is 2. The first-order chi connectivity index (χ1) is 17.5. The van der Waals surface area contributed by atoms with Crippen LogP contribution in [0.4, 0.5) is 19.3 Å². The van der Waals surface area contributed by atoms with E-state index >= 15 is 0 Å². The van der Waals surface area contributed by atoms with Gasteiger partial charge in [-0.1, -0.05) is 28.1 Å². The third-order valence-corrected chi connectivity index (χ3v) is 6.03. The van der Waals surface area contributed by atoms with Crippen molar-refractivity contribution in [3.05, 3.63) is 88.9 Å². The van der Waals surface area contributed by atoms with Gasteiger partial charge in [0.15, 0.2) is 11.6 Å². The molecule has 196 valence electrons. The number of nitrogens with one attached hydrogen (secondary N) is 1. The summed E-state index contributed by atoms with van der Waals surface area (Å²) in [6.07, 6.45) is 6.51. The molecule has 7 nitrogen and oxygen atoms in total. The Morgan fingerprint density at radius 1 is 1.03 bits per heavy atom. The molecule has 3 heterocycles. The normalized spacial score (nSPS) is 17.8. The topological polar surface area (TPSA) is 84.4 Å². The van der Waals surface area contributed by atoms with Crippen molar-refractivity contribution in [3.63, 3.8) is 0 Å². The second kappa shape index (κ2) is 12.7. The molecule has 0 saturated carbocycles. The Bertz CT molecular complexity index is 1190. The molecule has 0 aliphatic carbocycles. The number of ether oxygens (including phenoxy) is 1. The third kappa shape index (κ3) is 8.31. The summed E-state index contributed by atoms with van der Waals surface area (Å²) < 4.78 is 34.6. The van der Waals surface area contributed by atoms with Crippen LogP contribution in [0.25, 0.3) is 0 Å². The van der Waals surface area contributed by atoms with Gasteiger partial charge in [-0.3, -0.25) is 14.8 Å². The molecule has 10 heteroatoms. The summed E-state index contributed by atoms with van der Waals surface area (Å²) in [5.74, 6) is -2.63. The van der Waals surface area contributed by atoms with Crippen molar-refractivity contribution >= 4 is 33.6 Å². The van der Waals surface area contributed by atoms with E-state index in [1.165, 1.54) is 17.0 Å². The molecule has 2 aromatic heterocycles. The number of hydrogen-bond acceptors (Lipinski definition) is 5. The number of carbonyl (C=O) groups excluding carboxylic acids is 2. The fourth-order valence-corrected chi connectivity index (χ4v) is 4.08. The maximum atomic E-state index is 14.5. The van der Waals surface area contributed by atoms with Gasteiger partial charge in [0.1, 0.15) is 11.6 Å². The highest BCUT2D eigenvalue weighted by Gasteiger charge is 2.35. The predicted octanol–water partition coefficient (Wildman–Crippen LogP) is 6.01. The van der Waals surface area contributed by atoms with Crippen molar-refractivity contribution in [2.75, 3.05) is 11.4 Å². The van der Waals surface area contributed by atoms with E-state index in [0.29, 0.717) is 12.1 Å². The van der Waals surface area contributed by atoms with Gasteiger partial charge < -0.3 is 15.0 Å². The molecule has 1 saturated heterocycles. The minimum atomic E-state index is -0.929. The van der Waals surface area contributed by atoms with E-state index in [1.54, 1.807) is 57.7 Å². The lowest BCUT2D eigenvalue weighted by atomic mass is 9.93. The molecule has 3 aromatic rings. The van der Waals surface area contributed by atoms with Gasteiger partial charge in [0.05, 0.1) is 0 Å². The molecule has 0 unspecified atom stereocenters. The van der Waals surface area contributed by atoms with Gasteiger partial charge in [0.2, 0.25) is 5.91 Å². The number of pyridine rings is 2. The van der Waals surface area contributed by atoms with Crippen LogP contribution in [0.3, 0.4) is 0 Å². The van der Waals surface area contributed by atoms with E-state index in [9.17, 15) is 18.4 Å². The van der Waals surface area contributed by atoms with Crippen molar-refractivity contribution in [2.24, 2.45) is 0 Å². The highest BCUT2D eigenvalue weighted by Crippen LogP contribution is 2.32. The Hall–Kier alpha value is -3.40. The van der Waals surface area contributed by atoms with Gasteiger partial charge in [0, 0.05) is 47.4 Å². The molecule has 1 N–H and O–H groups in total. The number of alkyl carbamates (subject to hydrolysis) is 1. The second-order valence-electron chi connectivity index (χ2n) is 9.44. The number of hydrogen-bond donors (Lipinski definition) is 1. The minimum absolute atomic E-state index is 0.149. The van der Waals surface area contributed by atoms with Crippen LogP contribution in [0.1, 0.15) is 45.1 Å². The molecule has 1 aliphatic heterocycles. The standard InChI is InChI=1S/C22H25F2N3O3.C5H4BrN/c1-22(2,3)30-21(29)26-18-8-7-14(16-5-4-6-17(23)19(16)24)13-27(20(18)28)15-9-11-25-12-10-15;6-5-1-3-7-4-2-5/h4-6,9-12,14,18H,7-8,13H2,1-3H3,(H,26,29);1-4H/t14-,18-;/m1./s1. The molecule has 1 aromatic carbocycles. The van der Waals surface area contributed by atoms with Gasteiger partial charge in [-0.15, -0.1) is 0 Å². The van der Waals surface area contributed by atoms with Crippen molar-refractivity contribution < 1.29 is 23.1 Å². The Morgan fingerprint density at radius 3 is 2.22 bits per heavy atom. The zero-order valence-corrected chi connectivity index (χ0v) is 22.4. The van der Waals surface area contributed by atoms with Crippen molar-refractivity contribution in [2.45, 2.75) is 51.2 Å². The Morgan fingerprint density at radius 2 is 1.65 bits per heavy atom. The maximum absolute atomic E-state index is 14.5. The summed E-state index contributed by atoms with van der Waals surface area (Å²) >= 11 is 3.27. The van der Waals surface area contributed by atoms with Gasteiger partial charge in [0.25, 0.3) is 0 Å². The number of carbonyl (C=O) groups is 2. The molecule has 0 spiro atoms. The Balaban J connectivity index is 0.000000468. The maximum Gasteiger partial charge on any atom is 0.408 e. The molecule has 1 aliphatic rings. The summed E-state index contributed by atoms with van der Waals surface area (Å²) in [6, 6.07) is 10.3. The number of rotatable bonds is 3. The van der Waals surface area contributed by atoms with E-state index in [2.05, 4.69) is 31.2 Å². The zero-order valence-electron chi connectivity index (χ0n) is 20.8. The molecule has 2 amide bonds. The summed E-state index contributed by atoms with van der Waals surface area (Å²) in [6.45, 7) is 5.34. The molecule has 37 heavy (non-hydrogen) atoms. The lowest BCUT2D eigenvalue weighted by molar-refractivity contribution is -0.120. The van der Waals surface area contributed by atoms with E-state index in [-0.39, 0.29) is 24.4 Å². The monoisotopic (exact) mass is 574 g/mol. The summed E-state index contributed by atoms with van der Waals surface area (Å²) in [5, 5.41) is 2.63. The highest BCUT2D eigenvalue weighted by atomic mass is 79.9. The lowest BCUT2D eigenvalue weighted by Crippen LogP contribution is -2.49. The Labute approximate surface area is 223 Å². The predicted molar refractivity (Wildman–Crippen MR) is 140 cm³/mol. The van der Waals surface area contributed by atoms with Gasteiger partial charge in [-0.25, -0.2) is 13.6 Å². The van der Waals surface area contributed by atoms with Crippen LogP contribution in [0.5, 0.6) is 0 Å². The van der Waals surface area contributed by atoms with Crippen LogP contribution in [0.15, 0.2) is 71.7 Å². The molecule has 4 rings (SSSR count). The Kier molecular flexibility index (Phi) is 9.68. The van der Waals surface area contributed by atoms with Crippen LogP contribution in [0.2, 0.25) is 0 Å². The number of anilines is 1. The van der Waals surface area contributed by atoms with E-state index in [0.717, 1.165) is 10.5 Å². The van der Waals surface area contributed by atoms with Crippen LogP contribution in [-0.2, 0) is 9.53 Å². The smallest absolute Gasteiger partial charge is 0.408 e. The second-order valence-corrected chi connectivity index (χ2v) is 10.4. The third-order valence-electron chi connectivity index (χ3n) is 5.50. The van der Waals surface area contributed by atoms with E-state index in [4.69, 9.17) is 4.74 Å². The van der Waals surface area contributed by atoms with Gasteiger partial charge >= 0.3 is 6.09 Å². The lowest BCUT2D eigenvalue weighted by Gasteiger charge is -2.27. The van der Waals surface area contributed by atoms with Crippen molar-refractivity contribution in [1.29, 1.82) is 0 Å². The summed E-state index contributed by atoms with van der Waals surface area (Å²) in [7, 11) is 0. The first-order valence-electron chi connectivity index (χ1n) is 11.8. The van der Waals surface area contributed by atoms with Crippen LogP contribution >= 0.6 is 15.9 Å². The summed E-state index contributed by atoms with van der Waals surface area (Å²) in [4.78, 5) is 34.8. The number of nitrogens with zero attached hydrogens (tertiary/aromatic N) is 3. The van der Waals surface area contributed by atoms with Gasteiger partial charge in [-0.05, 0) is 69.5 Å². The van der Waals surface area contributed by atoms with Crippen LogP contribution < -0.4 is 10.2 Å². The zero-order chi connectivity index (χ0) is 27.0. The molecule has 0 bridgehead atoms. The van der Waals surface area contributed by atoms with Crippen molar-refractivity contribution in [1.82, 2.24) is 15.3 Å². The first kappa shape index (κ1) is 28.2. The average molecular weight is 575 g/mol. The first-order valence-corrected chi connectivity index (χ1v) is 12.5. The molecular formula is C27H29BrF2N4O3. The van der Waals surface area contributed by atoms with E-state index < -0.39 is 35.3 Å².